The average Bonchev–Trinajstić information content (AvgIpc) is 3.31. The van der Waals surface area contributed by atoms with Gasteiger partial charge >= 0.3 is 0 Å². The summed E-state index contributed by atoms with van der Waals surface area (Å²) in [4.78, 5) is 0. The number of alkyl halides is 4. The Morgan fingerprint density at radius 2 is 0.426 bits per heavy atom. The van der Waals surface area contributed by atoms with Crippen LogP contribution >= 0.6 is 90.4 Å². The Hall–Kier alpha value is -0.520. The quantitative estimate of drug-likeness (QED) is 0.0253. The maximum absolute atomic E-state index is 6.30. The molecule has 0 amide bonds. The van der Waals surface area contributed by atoms with Crippen LogP contribution in [0.2, 0.25) is 0 Å². The minimum Gasteiger partial charge on any atom is -0.379 e. The molecular formula is C49H64I4O8. The van der Waals surface area contributed by atoms with Crippen molar-refractivity contribution >= 4 is 90.4 Å². The number of benzene rings is 4. The van der Waals surface area contributed by atoms with Gasteiger partial charge in [0, 0.05) is 17.7 Å². The molecule has 0 saturated carbocycles. The molecular weight excluding hydrogens is 1220 g/mol. The fraction of sp³-hybridized carbons (Fsp3) is 0.510. The molecule has 336 valence electrons. The van der Waals surface area contributed by atoms with Crippen LogP contribution < -0.4 is 0 Å². The van der Waals surface area contributed by atoms with Crippen molar-refractivity contribution in [3.05, 3.63) is 142 Å². The highest BCUT2D eigenvalue weighted by Crippen LogP contribution is 2.21. The van der Waals surface area contributed by atoms with Crippen molar-refractivity contribution in [3.63, 3.8) is 0 Å². The second-order valence-electron chi connectivity index (χ2n) is 15.0. The normalized spacial score (nSPS) is 11.7. The highest BCUT2D eigenvalue weighted by Gasteiger charge is 2.32. The van der Waals surface area contributed by atoms with Gasteiger partial charge in [0.25, 0.3) is 0 Å². The summed E-state index contributed by atoms with van der Waals surface area (Å²) in [5, 5.41) is 0. The van der Waals surface area contributed by atoms with E-state index in [0.717, 1.165) is 43.4 Å². The zero-order valence-corrected chi connectivity index (χ0v) is 44.1. The molecule has 0 N–H and O–H groups in total. The number of ether oxygens (including phenoxy) is 8. The van der Waals surface area contributed by atoms with Gasteiger partial charge in [0.1, 0.15) is 0 Å². The standard InChI is InChI=1S/C49H64I4O8/c50-33-45-9-1-41(2-10-45)17-21-54-25-29-58-37-49(38-59-30-26-55-22-18-42-3-11-46(34-51)12-4-42,39-60-31-27-56-23-19-43-5-13-47(35-52)14-6-43)40-61-32-28-57-24-20-44-7-15-48(36-53)16-8-44/h1-16H,17-40H2. The first-order valence-corrected chi connectivity index (χ1v) is 27.3. The Bertz CT molecular complexity index is 1410. The Kier molecular flexibility index (Phi) is 29.5. The van der Waals surface area contributed by atoms with Gasteiger partial charge in [-0.2, -0.15) is 0 Å². The van der Waals surface area contributed by atoms with Crippen LogP contribution in [0.3, 0.4) is 0 Å². The van der Waals surface area contributed by atoms with Gasteiger partial charge in [0.2, 0.25) is 0 Å². The third-order valence-corrected chi connectivity index (χ3v) is 13.5. The first-order valence-electron chi connectivity index (χ1n) is 21.2. The molecule has 4 aromatic carbocycles. The SMILES string of the molecule is ICc1ccc(CCOCCOCC(COCCOCCc2ccc(CI)cc2)(COCCOCCc2ccc(CI)cc2)COCCOCCc2ccc(CI)cc2)cc1. The maximum atomic E-state index is 6.30. The van der Waals surface area contributed by atoms with Crippen molar-refractivity contribution in [3.8, 4) is 0 Å². The third kappa shape index (κ3) is 23.5. The minimum absolute atomic E-state index is 0.393. The van der Waals surface area contributed by atoms with E-state index in [-0.39, 0.29) is 0 Å². The van der Waals surface area contributed by atoms with Gasteiger partial charge in [0.15, 0.2) is 0 Å². The van der Waals surface area contributed by atoms with Crippen LogP contribution in [0.5, 0.6) is 0 Å². The smallest absolute Gasteiger partial charge is 0.0700 e. The van der Waals surface area contributed by atoms with Gasteiger partial charge in [0.05, 0.1) is 111 Å². The molecule has 0 radical (unpaired) electrons. The van der Waals surface area contributed by atoms with E-state index in [9.17, 15) is 0 Å². The van der Waals surface area contributed by atoms with Crippen LogP contribution in [-0.4, -0.2) is 106 Å². The molecule has 8 nitrogen and oxygen atoms in total. The minimum atomic E-state index is -0.554. The van der Waals surface area contributed by atoms with E-state index >= 15 is 0 Å². The topological polar surface area (TPSA) is 73.8 Å². The lowest BCUT2D eigenvalue weighted by molar-refractivity contribution is -0.121. The third-order valence-electron chi connectivity index (χ3n) is 9.97. The van der Waals surface area contributed by atoms with Crippen molar-refractivity contribution in [2.24, 2.45) is 5.41 Å². The highest BCUT2D eigenvalue weighted by atomic mass is 127. The van der Waals surface area contributed by atoms with E-state index in [1.165, 1.54) is 44.5 Å². The lowest BCUT2D eigenvalue weighted by Gasteiger charge is -2.33. The summed E-state index contributed by atoms with van der Waals surface area (Å²) in [5.74, 6) is 0. The van der Waals surface area contributed by atoms with Gasteiger partial charge in [-0.1, -0.05) is 187 Å². The van der Waals surface area contributed by atoms with Gasteiger partial charge in [-0.25, -0.2) is 0 Å². The van der Waals surface area contributed by atoms with Crippen molar-refractivity contribution in [2.75, 3.05) is 106 Å². The first kappa shape index (κ1) is 53.1. The fourth-order valence-corrected chi connectivity index (χ4v) is 8.26. The lowest BCUT2D eigenvalue weighted by Crippen LogP contribution is -2.43. The Balaban J connectivity index is 1.26. The number of hydrogen-bond donors (Lipinski definition) is 0. The van der Waals surface area contributed by atoms with E-state index in [0.29, 0.717) is 106 Å². The Morgan fingerprint density at radius 1 is 0.246 bits per heavy atom. The van der Waals surface area contributed by atoms with Crippen molar-refractivity contribution in [1.29, 1.82) is 0 Å². The van der Waals surface area contributed by atoms with Crippen LogP contribution in [0.15, 0.2) is 97.1 Å². The maximum Gasteiger partial charge on any atom is 0.0700 e. The second kappa shape index (κ2) is 33.9. The molecule has 12 heteroatoms. The molecule has 61 heavy (non-hydrogen) atoms. The van der Waals surface area contributed by atoms with E-state index < -0.39 is 5.41 Å². The van der Waals surface area contributed by atoms with Crippen LogP contribution in [0, 0.1) is 5.41 Å². The molecule has 0 aromatic heterocycles. The molecule has 0 atom stereocenters. The van der Waals surface area contributed by atoms with Crippen molar-refractivity contribution in [1.82, 2.24) is 0 Å². The summed E-state index contributed by atoms with van der Waals surface area (Å²) in [5.41, 5.74) is 9.89. The molecule has 0 unspecified atom stereocenters. The number of rotatable bonds is 36. The summed E-state index contributed by atoms with van der Waals surface area (Å²) in [6.07, 6.45) is 3.48. The summed E-state index contributed by atoms with van der Waals surface area (Å²) in [6, 6.07) is 35.0. The lowest BCUT2D eigenvalue weighted by atomic mass is 9.92. The highest BCUT2D eigenvalue weighted by molar-refractivity contribution is 14.1. The molecule has 0 heterocycles. The van der Waals surface area contributed by atoms with Crippen LogP contribution in [0.25, 0.3) is 0 Å². The van der Waals surface area contributed by atoms with E-state index in [4.69, 9.17) is 37.9 Å². The molecule has 0 aliphatic heterocycles. The largest absolute Gasteiger partial charge is 0.379 e. The van der Waals surface area contributed by atoms with Gasteiger partial charge in [-0.3, -0.25) is 0 Å². The summed E-state index contributed by atoms with van der Waals surface area (Å²) < 4.78 is 53.2. The van der Waals surface area contributed by atoms with Crippen LogP contribution in [-0.2, 0) is 81.3 Å². The monoisotopic (exact) mass is 1290 g/mol. The summed E-state index contributed by atoms with van der Waals surface area (Å²) in [7, 11) is 0. The fourth-order valence-electron chi connectivity index (χ4n) is 6.22. The van der Waals surface area contributed by atoms with Crippen LogP contribution in [0.4, 0.5) is 0 Å². The van der Waals surface area contributed by atoms with Crippen molar-refractivity contribution in [2.45, 2.75) is 43.4 Å². The number of halogens is 4. The van der Waals surface area contributed by atoms with Gasteiger partial charge < -0.3 is 37.9 Å². The Morgan fingerprint density at radius 3 is 0.623 bits per heavy atom. The zero-order valence-electron chi connectivity index (χ0n) is 35.5. The van der Waals surface area contributed by atoms with E-state index in [1.807, 2.05) is 0 Å². The molecule has 0 aliphatic rings. The first-order chi connectivity index (χ1) is 30.0. The Labute approximate surface area is 420 Å². The van der Waals surface area contributed by atoms with E-state index in [1.54, 1.807) is 0 Å². The molecule has 0 spiro atoms. The molecule has 0 saturated heterocycles. The number of hydrogen-bond acceptors (Lipinski definition) is 8. The molecule has 0 fully saturated rings. The average molecular weight is 1290 g/mol. The molecule has 0 bridgehead atoms. The summed E-state index contributed by atoms with van der Waals surface area (Å²) in [6.45, 7) is 7.99. The zero-order chi connectivity index (χ0) is 43.1. The van der Waals surface area contributed by atoms with Crippen LogP contribution in [0.1, 0.15) is 44.5 Å². The predicted octanol–water partition coefficient (Wildman–Crippen LogP) is 10.8. The van der Waals surface area contributed by atoms with Gasteiger partial charge in [-0.15, -0.1) is 0 Å². The molecule has 4 aromatic rings. The van der Waals surface area contributed by atoms with E-state index in [2.05, 4.69) is 187 Å². The van der Waals surface area contributed by atoms with Gasteiger partial charge in [-0.05, 0) is 70.2 Å². The summed E-state index contributed by atoms with van der Waals surface area (Å²) >= 11 is 9.56. The predicted molar refractivity (Wildman–Crippen MR) is 280 cm³/mol. The second-order valence-corrected chi connectivity index (χ2v) is 18.0. The van der Waals surface area contributed by atoms with Crippen molar-refractivity contribution < 1.29 is 37.9 Å². The molecule has 4 rings (SSSR count). The molecule has 0 aliphatic carbocycles.